The molecule has 0 saturated heterocycles. The second kappa shape index (κ2) is 10.1. The second-order valence-corrected chi connectivity index (χ2v) is 8.39. The number of benzene rings is 3. The van der Waals surface area contributed by atoms with Crippen LogP contribution in [0.25, 0.3) is 10.8 Å². The fourth-order valence-electron chi connectivity index (χ4n) is 4.14. The molecule has 0 radical (unpaired) electrons. The molecule has 4 nitrogen and oxygen atoms in total. The van der Waals surface area contributed by atoms with Crippen LogP contribution in [-0.4, -0.2) is 11.0 Å². The molecule has 0 saturated carbocycles. The number of nitrogens with one attached hydrogen (secondary N) is 2. The van der Waals surface area contributed by atoms with Gasteiger partial charge in [0.2, 0.25) is 0 Å². The molecule has 0 spiro atoms. The highest BCUT2D eigenvalue weighted by Crippen LogP contribution is 2.36. The first-order valence-corrected chi connectivity index (χ1v) is 11.2. The first kappa shape index (κ1) is 26.0. The normalized spacial score (nSPS) is 13.7. The van der Waals surface area contributed by atoms with Crippen LogP contribution in [0.2, 0.25) is 0 Å². The molecule has 4 rings (SSSR count). The molecule has 0 aliphatic rings. The van der Waals surface area contributed by atoms with Gasteiger partial charge >= 0.3 is 18.4 Å². The molecular formula is C27H21F6N3O. The van der Waals surface area contributed by atoms with Gasteiger partial charge in [0, 0.05) is 6.20 Å². The van der Waals surface area contributed by atoms with E-state index in [1.807, 2.05) is 42.5 Å². The van der Waals surface area contributed by atoms with Gasteiger partial charge in [-0.3, -0.25) is 4.98 Å². The number of hydrogen-bond acceptors (Lipinski definition) is 2. The highest BCUT2D eigenvalue weighted by atomic mass is 19.4. The van der Waals surface area contributed by atoms with Gasteiger partial charge in [0.1, 0.15) is 0 Å². The number of aromatic nitrogens is 1. The predicted molar refractivity (Wildman–Crippen MR) is 127 cm³/mol. The van der Waals surface area contributed by atoms with E-state index < -0.39 is 47.3 Å². The third kappa shape index (κ3) is 5.84. The number of rotatable bonds is 5. The van der Waals surface area contributed by atoms with Gasteiger partial charge in [0.15, 0.2) is 0 Å². The van der Waals surface area contributed by atoms with Crippen LogP contribution in [0.4, 0.5) is 31.1 Å². The van der Waals surface area contributed by atoms with Gasteiger partial charge in [-0.2, -0.15) is 26.3 Å². The molecule has 4 aromatic rings. The molecule has 3 aromatic carbocycles. The zero-order chi connectivity index (χ0) is 26.8. The zero-order valence-corrected chi connectivity index (χ0v) is 19.4. The standard InChI is InChI=1S/C27H21F6N3O/c1-16(20-9-4-7-17-6-2-3-8-21(17)20)35-25(37)36-23(18-11-13-19(14-12-18)26(28,29)30)24-22(27(31,32)33)10-5-15-34-24/h2-16,23H,1H3,(H2,35,36,37)/t16-,23-/m0/s1. The van der Waals surface area contributed by atoms with E-state index in [1.165, 1.54) is 0 Å². The van der Waals surface area contributed by atoms with Crippen molar-refractivity contribution >= 4 is 16.8 Å². The van der Waals surface area contributed by atoms with Crippen molar-refractivity contribution in [3.63, 3.8) is 0 Å². The highest BCUT2D eigenvalue weighted by Gasteiger charge is 2.37. The molecule has 0 aliphatic carbocycles. The van der Waals surface area contributed by atoms with Gasteiger partial charge < -0.3 is 10.6 Å². The van der Waals surface area contributed by atoms with E-state index >= 15 is 0 Å². The number of pyridine rings is 1. The lowest BCUT2D eigenvalue weighted by Gasteiger charge is -2.24. The van der Waals surface area contributed by atoms with E-state index in [0.29, 0.717) is 0 Å². The van der Waals surface area contributed by atoms with Crippen LogP contribution in [-0.2, 0) is 12.4 Å². The molecule has 1 heterocycles. The Hall–Kier alpha value is -4.08. The summed E-state index contributed by atoms with van der Waals surface area (Å²) in [5.74, 6) is 0. The van der Waals surface area contributed by atoms with E-state index in [0.717, 1.165) is 58.9 Å². The first-order chi connectivity index (χ1) is 17.4. The maximum Gasteiger partial charge on any atom is 0.418 e. The monoisotopic (exact) mass is 517 g/mol. The number of nitrogens with zero attached hydrogens (tertiary/aromatic N) is 1. The fraction of sp³-hybridized carbons (Fsp3) is 0.185. The minimum Gasteiger partial charge on any atom is -0.332 e. The van der Waals surface area contributed by atoms with Crippen LogP contribution in [0.3, 0.4) is 0 Å². The van der Waals surface area contributed by atoms with E-state index in [4.69, 9.17) is 0 Å². The van der Waals surface area contributed by atoms with E-state index in [-0.39, 0.29) is 5.56 Å². The van der Waals surface area contributed by atoms with Crippen LogP contribution in [0.1, 0.15) is 47.0 Å². The van der Waals surface area contributed by atoms with Gasteiger partial charge in [0.05, 0.1) is 28.9 Å². The molecule has 0 fully saturated rings. The third-order valence-corrected chi connectivity index (χ3v) is 5.90. The largest absolute Gasteiger partial charge is 0.418 e. The average molecular weight is 517 g/mol. The predicted octanol–water partition coefficient (Wildman–Crippen LogP) is 7.42. The Bertz CT molecular complexity index is 1390. The minimum absolute atomic E-state index is 0.00478. The lowest BCUT2D eigenvalue weighted by molar-refractivity contribution is -0.139. The Balaban J connectivity index is 1.67. The van der Waals surface area contributed by atoms with Crippen molar-refractivity contribution in [2.45, 2.75) is 31.4 Å². The van der Waals surface area contributed by atoms with Gasteiger partial charge in [-0.25, -0.2) is 4.79 Å². The number of halogens is 6. The van der Waals surface area contributed by atoms with Crippen molar-refractivity contribution in [1.82, 2.24) is 15.6 Å². The maximum atomic E-state index is 13.7. The van der Waals surface area contributed by atoms with Crippen LogP contribution < -0.4 is 10.6 Å². The first-order valence-electron chi connectivity index (χ1n) is 11.2. The van der Waals surface area contributed by atoms with E-state index in [1.54, 1.807) is 6.92 Å². The molecule has 37 heavy (non-hydrogen) atoms. The molecular weight excluding hydrogens is 496 g/mol. The van der Waals surface area contributed by atoms with Crippen molar-refractivity contribution in [2.75, 3.05) is 0 Å². The Morgan fingerprint density at radius 2 is 1.46 bits per heavy atom. The van der Waals surface area contributed by atoms with Gasteiger partial charge in [-0.1, -0.05) is 54.6 Å². The number of carbonyl (C=O) groups excluding carboxylic acids is 1. The van der Waals surface area contributed by atoms with E-state index in [9.17, 15) is 31.1 Å². The molecule has 0 unspecified atom stereocenters. The number of hydrogen-bond donors (Lipinski definition) is 2. The summed E-state index contributed by atoms with van der Waals surface area (Å²) in [6.07, 6.45) is -8.31. The van der Waals surface area contributed by atoms with Gasteiger partial charge in [-0.05, 0) is 53.1 Å². The lowest BCUT2D eigenvalue weighted by atomic mass is 9.97. The van der Waals surface area contributed by atoms with Crippen LogP contribution >= 0.6 is 0 Å². The van der Waals surface area contributed by atoms with Crippen LogP contribution in [0.15, 0.2) is 85.1 Å². The molecule has 2 atom stereocenters. The number of fused-ring (bicyclic) bond motifs is 1. The average Bonchev–Trinajstić information content (AvgIpc) is 2.86. The second-order valence-electron chi connectivity index (χ2n) is 8.39. The Kier molecular flexibility index (Phi) is 7.11. The van der Waals surface area contributed by atoms with Crippen molar-refractivity contribution < 1.29 is 31.1 Å². The molecule has 10 heteroatoms. The summed E-state index contributed by atoms with van der Waals surface area (Å²) in [6, 6.07) is 15.7. The maximum absolute atomic E-state index is 13.7. The smallest absolute Gasteiger partial charge is 0.332 e. The van der Waals surface area contributed by atoms with Crippen molar-refractivity contribution in [2.24, 2.45) is 0 Å². The summed E-state index contributed by atoms with van der Waals surface area (Å²) in [5.41, 5.74) is -1.83. The SMILES string of the molecule is C[C@H](NC(=O)N[C@@H](c1ccc(C(F)(F)F)cc1)c1ncccc1C(F)(F)F)c1cccc2ccccc12. The number of alkyl halides is 6. The quantitative estimate of drug-likeness (QED) is 0.271. The van der Waals surface area contributed by atoms with Crippen molar-refractivity contribution in [1.29, 1.82) is 0 Å². The molecule has 2 amide bonds. The topological polar surface area (TPSA) is 54.0 Å². The van der Waals surface area contributed by atoms with E-state index in [2.05, 4.69) is 15.6 Å². The summed E-state index contributed by atoms with van der Waals surface area (Å²) >= 11 is 0. The molecule has 1 aromatic heterocycles. The van der Waals surface area contributed by atoms with Crippen LogP contribution in [0.5, 0.6) is 0 Å². The lowest BCUT2D eigenvalue weighted by Crippen LogP contribution is -2.40. The summed E-state index contributed by atoms with van der Waals surface area (Å²) in [5, 5.41) is 7.02. The Morgan fingerprint density at radius 3 is 2.14 bits per heavy atom. The third-order valence-electron chi connectivity index (χ3n) is 5.90. The van der Waals surface area contributed by atoms with Gasteiger partial charge in [0.25, 0.3) is 0 Å². The number of carbonyl (C=O) groups is 1. The number of amides is 2. The highest BCUT2D eigenvalue weighted by molar-refractivity contribution is 5.86. The Morgan fingerprint density at radius 1 is 0.784 bits per heavy atom. The fourth-order valence-corrected chi connectivity index (χ4v) is 4.14. The van der Waals surface area contributed by atoms with Crippen molar-refractivity contribution in [3.05, 3.63) is 113 Å². The number of urea groups is 1. The summed E-state index contributed by atoms with van der Waals surface area (Å²) in [4.78, 5) is 16.8. The zero-order valence-electron chi connectivity index (χ0n) is 19.4. The van der Waals surface area contributed by atoms with Crippen LogP contribution in [0, 0.1) is 0 Å². The summed E-state index contributed by atoms with van der Waals surface area (Å²) in [7, 11) is 0. The molecule has 0 bridgehead atoms. The molecule has 0 aliphatic heterocycles. The molecule has 2 N–H and O–H groups in total. The minimum atomic E-state index is -4.80. The summed E-state index contributed by atoms with van der Waals surface area (Å²) < 4.78 is 80.4. The Labute approximate surface area is 208 Å². The molecule has 192 valence electrons. The van der Waals surface area contributed by atoms with Crippen molar-refractivity contribution in [3.8, 4) is 0 Å². The van der Waals surface area contributed by atoms with Gasteiger partial charge in [-0.15, -0.1) is 0 Å². The summed E-state index contributed by atoms with van der Waals surface area (Å²) in [6.45, 7) is 1.72.